The first-order valence-electron chi connectivity index (χ1n) is 4.77. The van der Waals surface area contributed by atoms with Crippen LogP contribution in [0.15, 0.2) is 30.3 Å². The van der Waals surface area contributed by atoms with Gasteiger partial charge in [-0.3, -0.25) is 0 Å². The second-order valence-electron chi connectivity index (χ2n) is 3.53. The van der Waals surface area contributed by atoms with Crippen molar-refractivity contribution in [2.24, 2.45) is 5.92 Å². The maximum absolute atomic E-state index is 3.30. The van der Waals surface area contributed by atoms with Gasteiger partial charge in [-0.2, -0.15) is 11.8 Å². The van der Waals surface area contributed by atoms with Crippen LogP contribution in [0.5, 0.6) is 0 Å². The maximum atomic E-state index is 3.30. The Hall–Kier alpha value is -0.470. The molecule has 1 aliphatic heterocycles. The van der Waals surface area contributed by atoms with Crippen LogP contribution in [0.1, 0.15) is 5.56 Å². The molecule has 1 aromatic rings. The van der Waals surface area contributed by atoms with Crippen LogP contribution in [0.2, 0.25) is 0 Å². The lowest BCUT2D eigenvalue weighted by Gasteiger charge is -2.26. The molecule has 0 atom stereocenters. The minimum absolute atomic E-state index is 0.925. The molecule has 1 saturated heterocycles. The minimum atomic E-state index is 0.925. The Kier molecular flexibility index (Phi) is 3.27. The van der Waals surface area contributed by atoms with E-state index in [2.05, 4.69) is 47.4 Å². The maximum Gasteiger partial charge on any atom is 0.0184 e. The van der Waals surface area contributed by atoms with E-state index in [4.69, 9.17) is 0 Å². The summed E-state index contributed by atoms with van der Waals surface area (Å²) < 4.78 is 0. The predicted molar refractivity (Wildman–Crippen MR) is 59.0 cm³/mol. The van der Waals surface area contributed by atoms with Gasteiger partial charge < -0.3 is 5.32 Å². The van der Waals surface area contributed by atoms with Crippen LogP contribution in [0.3, 0.4) is 0 Å². The van der Waals surface area contributed by atoms with Gasteiger partial charge in [-0.1, -0.05) is 30.3 Å². The average Bonchev–Trinajstić information content (AvgIpc) is 2.11. The van der Waals surface area contributed by atoms with Crippen molar-refractivity contribution in [3.8, 4) is 0 Å². The molecule has 1 fully saturated rings. The zero-order valence-corrected chi connectivity index (χ0v) is 8.52. The number of benzene rings is 1. The molecule has 0 aromatic heterocycles. The van der Waals surface area contributed by atoms with Crippen LogP contribution >= 0.6 is 11.8 Å². The molecule has 0 radical (unpaired) electrons. The number of thioether (sulfide) groups is 1. The molecule has 1 aromatic carbocycles. The van der Waals surface area contributed by atoms with Gasteiger partial charge in [0.25, 0.3) is 0 Å². The summed E-state index contributed by atoms with van der Waals surface area (Å²) in [7, 11) is 0. The highest BCUT2D eigenvalue weighted by Gasteiger charge is 2.15. The SMILES string of the molecule is c1ccc(CSCC2CNC2)cc1. The fraction of sp³-hybridized carbons (Fsp3) is 0.455. The van der Waals surface area contributed by atoms with Gasteiger partial charge >= 0.3 is 0 Å². The Bertz CT molecular complexity index is 244. The Labute approximate surface area is 83.9 Å². The monoisotopic (exact) mass is 193 g/mol. The third-order valence-electron chi connectivity index (χ3n) is 2.33. The van der Waals surface area contributed by atoms with Gasteiger partial charge in [0, 0.05) is 5.75 Å². The van der Waals surface area contributed by atoms with Crippen LogP contribution < -0.4 is 5.32 Å². The smallest absolute Gasteiger partial charge is 0.0184 e. The Morgan fingerprint density at radius 2 is 2.00 bits per heavy atom. The topological polar surface area (TPSA) is 12.0 Å². The standard InChI is InChI=1S/C11H15NS/c1-2-4-10(5-3-1)8-13-9-11-6-12-7-11/h1-5,11-12H,6-9H2. The molecular formula is C11H15NS. The Morgan fingerprint density at radius 3 is 2.62 bits per heavy atom. The highest BCUT2D eigenvalue weighted by molar-refractivity contribution is 7.98. The van der Waals surface area contributed by atoms with E-state index in [9.17, 15) is 0 Å². The first kappa shape index (κ1) is 9.10. The van der Waals surface area contributed by atoms with Crippen molar-refractivity contribution in [1.29, 1.82) is 0 Å². The van der Waals surface area contributed by atoms with E-state index in [-0.39, 0.29) is 0 Å². The number of rotatable bonds is 4. The highest BCUT2D eigenvalue weighted by Crippen LogP contribution is 2.17. The zero-order chi connectivity index (χ0) is 8.93. The molecule has 13 heavy (non-hydrogen) atoms. The van der Waals surface area contributed by atoms with Crippen LogP contribution in [-0.4, -0.2) is 18.8 Å². The molecule has 1 N–H and O–H groups in total. The molecule has 0 aliphatic carbocycles. The van der Waals surface area contributed by atoms with Crippen molar-refractivity contribution in [2.75, 3.05) is 18.8 Å². The molecule has 0 unspecified atom stereocenters. The summed E-state index contributed by atoms with van der Waals surface area (Å²) in [4.78, 5) is 0. The zero-order valence-electron chi connectivity index (χ0n) is 7.70. The van der Waals surface area contributed by atoms with E-state index in [0.29, 0.717) is 0 Å². The van der Waals surface area contributed by atoms with Gasteiger partial charge in [0.1, 0.15) is 0 Å². The third-order valence-corrected chi connectivity index (χ3v) is 3.58. The number of nitrogens with one attached hydrogen (secondary N) is 1. The van der Waals surface area contributed by atoms with E-state index >= 15 is 0 Å². The fourth-order valence-electron chi connectivity index (χ4n) is 1.38. The summed E-state index contributed by atoms with van der Waals surface area (Å²) in [6.07, 6.45) is 0. The van der Waals surface area contributed by atoms with Gasteiger partial charge in [0.15, 0.2) is 0 Å². The van der Waals surface area contributed by atoms with Crippen molar-refractivity contribution in [2.45, 2.75) is 5.75 Å². The quantitative estimate of drug-likeness (QED) is 0.786. The van der Waals surface area contributed by atoms with Crippen LogP contribution in [0, 0.1) is 5.92 Å². The molecule has 1 aliphatic rings. The second-order valence-corrected chi connectivity index (χ2v) is 4.56. The lowest BCUT2D eigenvalue weighted by Crippen LogP contribution is -2.43. The molecule has 1 nitrogen and oxygen atoms in total. The Morgan fingerprint density at radius 1 is 1.23 bits per heavy atom. The minimum Gasteiger partial charge on any atom is -0.316 e. The lowest BCUT2D eigenvalue weighted by atomic mass is 10.1. The van der Waals surface area contributed by atoms with Crippen LogP contribution in [0.4, 0.5) is 0 Å². The van der Waals surface area contributed by atoms with Gasteiger partial charge in [0.05, 0.1) is 0 Å². The fourth-order valence-corrected chi connectivity index (χ4v) is 2.50. The summed E-state index contributed by atoms with van der Waals surface area (Å²) in [6.45, 7) is 2.45. The molecule has 1 heterocycles. The van der Waals surface area contributed by atoms with Gasteiger partial charge in [0.2, 0.25) is 0 Å². The third kappa shape index (κ3) is 2.75. The highest BCUT2D eigenvalue weighted by atomic mass is 32.2. The molecule has 2 heteroatoms. The molecule has 0 amide bonds. The van der Waals surface area contributed by atoms with E-state index in [1.54, 1.807) is 0 Å². The van der Waals surface area contributed by atoms with E-state index in [1.165, 1.54) is 24.4 Å². The summed E-state index contributed by atoms with van der Waals surface area (Å²) in [5.74, 6) is 3.40. The second kappa shape index (κ2) is 4.68. The Balaban J connectivity index is 1.67. The molecular weight excluding hydrogens is 178 g/mol. The number of hydrogen-bond donors (Lipinski definition) is 1. The van der Waals surface area contributed by atoms with Crippen LogP contribution in [-0.2, 0) is 5.75 Å². The van der Waals surface area contributed by atoms with Crippen molar-refractivity contribution in [3.63, 3.8) is 0 Å². The van der Waals surface area contributed by atoms with Crippen molar-refractivity contribution in [1.82, 2.24) is 5.32 Å². The lowest BCUT2D eigenvalue weighted by molar-refractivity contribution is 0.385. The van der Waals surface area contributed by atoms with Crippen molar-refractivity contribution < 1.29 is 0 Å². The van der Waals surface area contributed by atoms with Crippen LogP contribution in [0.25, 0.3) is 0 Å². The van der Waals surface area contributed by atoms with E-state index < -0.39 is 0 Å². The molecule has 2 rings (SSSR count). The van der Waals surface area contributed by atoms with Crippen molar-refractivity contribution >= 4 is 11.8 Å². The van der Waals surface area contributed by atoms with E-state index in [1.807, 2.05) is 0 Å². The van der Waals surface area contributed by atoms with Gasteiger partial charge in [-0.05, 0) is 30.3 Å². The molecule has 0 bridgehead atoms. The first-order valence-corrected chi connectivity index (χ1v) is 5.93. The number of hydrogen-bond acceptors (Lipinski definition) is 2. The predicted octanol–water partition coefficient (Wildman–Crippen LogP) is 2.14. The summed E-state index contributed by atoms with van der Waals surface area (Å²) in [5.41, 5.74) is 1.44. The van der Waals surface area contributed by atoms with Gasteiger partial charge in [-0.15, -0.1) is 0 Å². The average molecular weight is 193 g/mol. The summed E-state index contributed by atoms with van der Waals surface area (Å²) in [6, 6.07) is 10.7. The molecule has 0 saturated carbocycles. The molecule has 0 spiro atoms. The summed E-state index contributed by atoms with van der Waals surface area (Å²) >= 11 is 2.05. The van der Waals surface area contributed by atoms with Crippen molar-refractivity contribution in [3.05, 3.63) is 35.9 Å². The van der Waals surface area contributed by atoms with E-state index in [0.717, 1.165) is 11.7 Å². The summed E-state index contributed by atoms with van der Waals surface area (Å²) in [5, 5.41) is 3.30. The van der Waals surface area contributed by atoms with Gasteiger partial charge in [-0.25, -0.2) is 0 Å². The first-order chi connectivity index (χ1) is 6.45. The largest absolute Gasteiger partial charge is 0.316 e. The molecule has 70 valence electrons. The normalized spacial score (nSPS) is 16.9.